The Morgan fingerprint density at radius 2 is 2.12 bits per heavy atom. The Morgan fingerprint density at radius 3 is 2.75 bits per heavy atom. The number of nitrogens with zero attached hydrogens (tertiary/aromatic N) is 1. The number of Topliss-reactive ketones (excluding diaryl/α,β-unsaturated/α-hetero) is 1. The first-order valence-corrected chi connectivity index (χ1v) is 5.15. The van der Waals surface area contributed by atoms with Gasteiger partial charge in [0.05, 0.1) is 18.2 Å². The third kappa shape index (κ3) is 1.86. The van der Waals surface area contributed by atoms with Gasteiger partial charge in [0.2, 0.25) is 0 Å². The second-order valence-electron chi connectivity index (χ2n) is 3.44. The average molecular weight is 236 g/mol. The van der Waals surface area contributed by atoms with E-state index >= 15 is 0 Å². The van der Waals surface area contributed by atoms with Crippen LogP contribution in [0, 0.1) is 0 Å². The lowest BCUT2D eigenvalue weighted by Gasteiger charge is -2.05. The van der Waals surface area contributed by atoms with Crippen molar-refractivity contribution < 1.29 is 9.53 Å². The fourth-order valence-electron chi connectivity index (χ4n) is 1.50. The fraction of sp³-hybridized carbons (Fsp3) is 0.167. The van der Waals surface area contributed by atoms with Gasteiger partial charge in [-0.15, -0.1) is 0 Å². The minimum Gasteiger partial charge on any atom is -0.497 e. The first-order valence-electron chi connectivity index (χ1n) is 4.77. The summed E-state index contributed by atoms with van der Waals surface area (Å²) >= 11 is 5.91. The summed E-state index contributed by atoms with van der Waals surface area (Å²) in [5.41, 5.74) is 1.18. The highest BCUT2D eigenvalue weighted by Crippen LogP contribution is 2.24. The van der Waals surface area contributed by atoms with Gasteiger partial charge in [0.1, 0.15) is 10.9 Å². The maximum atomic E-state index is 11.3. The lowest BCUT2D eigenvalue weighted by Crippen LogP contribution is -1.96. The highest BCUT2D eigenvalue weighted by Gasteiger charge is 2.09. The van der Waals surface area contributed by atoms with E-state index in [4.69, 9.17) is 16.3 Å². The SMILES string of the molecule is COc1ccc2nc(Cl)c(C(C)=O)cc2c1. The quantitative estimate of drug-likeness (QED) is 0.593. The highest BCUT2D eigenvalue weighted by atomic mass is 35.5. The van der Waals surface area contributed by atoms with Crippen LogP contribution in [0.1, 0.15) is 17.3 Å². The maximum absolute atomic E-state index is 11.3. The molecule has 1 aromatic carbocycles. The largest absolute Gasteiger partial charge is 0.497 e. The molecule has 0 unspecified atom stereocenters. The van der Waals surface area contributed by atoms with E-state index in [1.54, 1.807) is 19.2 Å². The second kappa shape index (κ2) is 4.10. The first-order chi connectivity index (χ1) is 7.61. The number of aromatic nitrogens is 1. The Balaban J connectivity index is 2.70. The Bertz CT molecular complexity index is 566. The lowest BCUT2D eigenvalue weighted by atomic mass is 10.1. The molecule has 0 N–H and O–H groups in total. The number of ketones is 1. The summed E-state index contributed by atoms with van der Waals surface area (Å²) in [7, 11) is 1.59. The zero-order valence-corrected chi connectivity index (χ0v) is 9.71. The van der Waals surface area contributed by atoms with E-state index in [2.05, 4.69) is 4.98 Å². The molecule has 0 aliphatic rings. The van der Waals surface area contributed by atoms with Crippen molar-refractivity contribution >= 4 is 28.3 Å². The number of hydrogen-bond acceptors (Lipinski definition) is 3. The van der Waals surface area contributed by atoms with Crippen molar-refractivity contribution in [2.45, 2.75) is 6.92 Å². The summed E-state index contributed by atoms with van der Waals surface area (Å²) in [5, 5.41) is 1.08. The van der Waals surface area contributed by atoms with Crippen molar-refractivity contribution in [3.63, 3.8) is 0 Å². The molecule has 0 spiro atoms. The second-order valence-corrected chi connectivity index (χ2v) is 3.80. The topological polar surface area (TPSA) is 39.2 Å². The molecule has 0 bridgehead atoms. The number of methoxy groups -OCH3 is 1. The molecule has 1 aromatic heterocycles. The molecule has 1 heterocycles. The minimum atomic E-state index is -0.0952. The Morgan fingerprint density at radius 1 is 1.38 bits per heavy atom. The van der Waals surface area contributed by atoms with Crippen LogP contribution in [0.4, 0.5) is 0 Å². The normalized spacial score (nSPS) is 10.4. The van der Waals surface area contributed by atoms with E-state index in [9.17, 15) is 4.79 Å². The number of halogens is 1. The maximum Gasteiger partial charge on any atom is 0.162 e. The van der Waals surface area contributed by atoms with Crippen LogP contribution >= 0.6 is 11.6 Å². The third-order valence-corrected chi connectivity index (χ3v) is 2.64. The number of rotatable bonds is 2. The van der Waals surface area contributed by atoms with Crippen molar-refractivity contribution in [3.8, 4) is 5.75 Å². The van der Waals surface area contributed by atoms with Crippen LogP contribution in [0.3, 0.4) is 0 Å². The van der Waals surface area contributed by atoms with Crippen molar-refractivity contribution in [1.29, 1.82) is 0 Å². The Hall–Kier alpha value is -1.61. The molecule has 0 aliphatic carbocycles. The Labute approximate surface area is 98.0 Å². The standard InChI is InChI=1S/C12H10ClNO2/c1-7(15)10-6-8-5-9(16-2)3-4-11(8)14-12(10)13/h3-6H,1-2H3. The molecule has 2 rings (SSSR count). The summed E-state index contributed by atoms with van der Waals surface area (Å²) < 4.78 is 5.11. The third-order valence-electron chi connectivity index (χ3n) is 2.35. The monoisotopic (exact) mass is 235 g/mol. The van der Waals surface area contributed by atoms with Gasteiger partial charge in [-0.2, -0.15) is 0 Å². The van der Waals surface area contributed by atoms with Gasteiger partial charge in [0, 0.05) is 5.39 Å². The van der Waals surface area contributed by atoms with Crippen LogP contribution in [-0.2, 0) is 0 Å². The molecule has 0 fully saturated rings. The molecule has 0 radical (unpaired) electrons. The molecule has 2 aromatic rings. The van der Waals surface area contributed by atoms with Crippen molar-refractivity contribution in [2.24, 2.45) is 0 Å². The summed E-state index contributed by atoms with van der Waals surface area (Å²) in [5.74, 6) is 0.633. The van der Waals surface area contributed by atoms with Crippen LogP contribution in [0.5, 0.6) is 5.75 Å². The number of carbonyl (C=O) groups is 1. The molecule has 0 saturated heterocycles. The molecule has 3 nitrogen and oxygen atoms in total. The molecule has 4 heteroatoms. The van der Waals surface area contributed by atoms with Crippen LogP contribution in [-0.4, -0.2) is 17.9 Å². The van der Waals surface area contributed by atoms with Crippen molar-refractivity contribution in [2.75, 3.05) is 7.11 Å². The van der Waals surface area contributed by atoms with Gasteiger partial charge in [0.25, 0.3) is 0 Å². The molecule has 16 heavy (non-hydrogen) atoms. The lowest BCUT2D eigenvalue weighted by molar-refractivity contribution is 0.101. The molecule has 82 valence electrons. The van der Waals surface area contributed by atoms with Gasteiger partial charge < -0.3 is 4.74 Å². The van der Waals surface area contributed by atoms with E-state index in [1.807, 2.05) is 12.1 Å². The predicted molar refractivity (Wildman–Crippen MR) is 63.3 cm³/mol. The van der Waals surface area contributed by atoms with E-state index in [0.29, 0.717) is 5.56 Å². The van der Waals surface area contributed by atoms with Gasteiger partial charge in [-0.3, -0.25) is 4.79 Å². The molecular formula is C12H10ClNO2. The van der Waals surface area contributed by atoms with E-state index in [0.717, 1.165) is 16.7 Å². The zero-order chi connectivity index (χ0) is 11.7. The van der Waals surface area contributed by atoms with Gasteiger partial charge >= 0.3 is 0 Å². The van der Waals surface area contributed by atoms with E-state index in [1.165, 1.54) is 6.92 Å². The summed E-state index contributed by atoms with van der Waals surface area (Å²) in [6, 6.07) is 7.17. The van der Waals surface area contributed by atoms with E-state index < -0.39 is 0 Å². The Kier molecular flexibility index (Phi) is 2.79. The zero-order valence-electron chi connectivity index (χ0n) is 8.95. The first kappa shape index (κ1) is 10.9. The number of carbonyl (C=O) groups excluding carboxylic acids is 1. The van der Waals surface area contributed by atoms with Crippen LogP contribution < -0.4 is 4.74 Å². The molecule has 0 amide bonds. The van der Waals surface area contributed by atoms with Crippen LogP contribution in [0.15, 0.2) is 24.3 Å². The number of pyridine rings is 1. The highest BCUT2D eigenvalue weighted by molar-refractivity contribution is 6.33. The summed E-state index contributed by atoms with van der Waals surface area (Å²) in [4.78, 5) is 15.5. The van der Waals surface area contributed by atoms with Gasteiger partial charge in [-0.1, -0.05) is 11.6 Å². The number of hydrogen-bond donors (Lipinski definition) is 0. The van der Waals surface area contributed by atoms with Gasteiger partial charge in [-0.25, -0.2) is 4.98 Å². The predicted octanol–water partition coefficient (Wildman–Crippen LogP) is 3.10. The molecular weight excluding hydrogens is 226 g/mol. The van der Waals surface area contributed by atoms with Crippen LogP contribution in [0.2, 0.25) is 5.15 Å². The summed E-state index contributed by atoms with van der Waals surface area (Å²) in [6.07, 6.45) is 0. The average Bonchev–Trinajstić information content (AvgIpc) is 2.27. The van der Waals surface area contributed by atoms with Crippen molar-refractivity contribution in [3.05, 3.63) is 35.0 Å². The van der Waals surface area contributed by atoms with Crippen molar-refractivity contribution in [1.82, 2.24) is 4.98 Å². The van der Waals surface area contributed by atoms with Gasteiger partial charge in [-0.05, 0) is 31.2 Å². The number of benzene rings is 1. The smallest absolute Gasteiger partial charge is 0.162 e. The minimum absolute atomic E-state index is 0.0952. The molecule has 0 atom stereocenters. The molecule has 0 saturated carbocycles. The molecule has 0 aliphatic heterocycles. The summed E-state index contributed by atoms with van der Waals surface area (Å²) in [6.45, 7) is 1.47. The van der Waals surface area contributed by atoms with Crippen LogP contribution in [0.25, 0.3) is 10.9 Å². The number of ether oxygens (including phenoxy) is 1. The number of fused-ring (bicyclic) bond motifs is 1. The van der Waals surface area contributed by atoms with Gasteiger partial charge in [0.15, 0.2) is 5.78 Å². The van der Waals surface area contributed by atoms with E-state index in [-0.39, 0.29) is 10.9 Å². The fourth-order valence-corrected chi connectivity index (χ4v) is 1.78.